The smallest absolute Gasteiger partial charge is 0.0824 e. The number of aryl methyl sites for hydroxylation is 1. The van der Waals surface area contributed by atoms with Crippen molar-refractivity contribution >= 4 is 0 Å². The molecule has 0 radical (unpaired) electrons. The predicted octanol–water partition coefficient (Wildman–Crippen LogP) is 1.61. The van der Waals surface area contributed by atoms with Crippen LogP contribution in [0.4, 0.5) is 0 Å². The van der Waals surface area contributed by atoms with Gasteiger partial charge in [0.15, 0.2) is 0 Å². The summed E-state index contributed by atoms with van der Waals surface area (Å²) in [7, 11) is 0. The maximum absolute atomic E-state index is 4.03. The predicted molar refractivity (Wildman–Crippen MR) is 50.5 cm³/mol. The third-order valence-corrected chi connectivity index (χ3v) is 2.02. The quantitative estimate of drug-likeness (QED) is 0.662. The molecular weight excluding hydrogens is 162 g/mol. The summed E-state index contributed by atoms with van der Waals surface area (Å²) in [5.41, 5.74) is 2.32. The van der Waals surface area contributed by atoms with E-state index in [1.807, 2.05) is 23.0 Å². The van der Waals surface area contributed by atoms with Gasteiger partial charge in [0.2, 0.25) is 0 Å². The fourth-order valence-electron chi connectivity index (χ4n) is 1.28. The minimum Gasteiger partial charge on any atom is -0.250 e. The molecule has 0 aliphatic heterocycles. The molecule has 0 bridgehead atoms. The van der Waals surface area contributed by atoms with Gasteiger partial charge in [0, 0.05) is 12.7 Å². The van der Waals surface area contributed by atoms with Crippen LogP contribution < -0.4 is 0 Å². The van der Waals surface area contributed by atoms with Crippen molar-refractivity contribution in [3.8, 4) is 0 Å². The molecule has 2 rings (SSSR count). The van der Waals surface area contributed by atoms with Crippen LogP contribution >= 0.6 is 0 Å². The van der Waals surface area contributed by atoms with E-state index in [-0.39, 0.29) is 0 Å². The van der Waals surface area contributed by atoms with Crippen molar-refractivity contribution in [1.29, 1.82) is 0 Å². The first-order valence-electron chi connectivity index (χ1n) is 4.48. The average Bonchev–Trinajstić information content (AvgIpc) is 2.76. The van der Waals surface area contributed by atoms with E-state index in [1.54, 1.807) is 0 Å². The van der Waals surface area contributed by atoms with Crippen LogP contribution in [0.3, 0.4) is 0 Å². The van der Waals surface area contributed by atoms with E-state index >= 15 is 0 Å². The van der Waals surface area contributed by atoms with Crippen molar-refractivity contribution in [3.63, 3.8) is 0 Å². The second-order valence-electron chi connectivity index (χ2n) is 3.05. The zero-order chi connectivity index (χ0) is 9.10. The lowest BCUT2D eigenvalue weighted by Crippen LogP contribution is -1.98. The van der Waals surface area contributed by atoms with E-state index in [9.17, 15) is 0 Å². The zero-order valence-corrected chi connectivity index (χ0v) is 7.64. The number of hydrogen-bond donors (Lipinski definition) is 0. The van der Waals surface area contributed by atoms with Gasteiger partial charge in [-0.1, -0.05) is 12.1 Å². The highest BCUT2D eigenvalue weighted by atomic mass is 15.4. The summed E-state index contributed by atoms with van der Waals surface area (Å²) in [6.07, 6.45) is 2.94. The van der Waals surface area contributed by atoms with Gasteiger partial charge >= 0.3 is 0 Å². The molecule has 0 saturated heterocycles. The van der Waals surface area contributed by atoms with Crippen LogP contribution in [-0.2, 0) is 13.0 Å². The van der Waals surface area contributed by atoms with Crippen molar-refractivity contribution in [3.05, 3.63) is 41.7 Å². The molecule has 0 amide bonds. The fraction of sp³-hybridized carbons (Fsp3) is 0.300. The van der Waals surface area contributed by atoms with Gasteiger partial charge in [-0.2, -0.15) is 12.1 Å². The summed E-state index contributed by atoms with van der Waals surface area (Å²) in [6, 6.07) is 8.25. The highest BCUT2D eigenvalue weighted by molar-refractivity contribution is 5.16. The van der Waals surface area contributed by atoms with Crippen molar-refractivity contribution < 1.29 is 0 Å². The van der Waals surface area contributed by atoms with Crippen molar-refractivity contribution in [2.24, 2.45) is 0 Å². The summed E-state index contributed by atoms with van der Waals surface area (Å²) in [5.74, 6) is 0. The normalized spacial score (nSPS) is 10.5. The Morgan fingerprint density at radius 3 is 3.08 bits per heavy atom. The lowest BCUT2D eigenvalue weighted by atomic mass is 10.3. The summed E-state index contributed by atoms with van der Waals surface area (Å²) in [6.45, 7) is 2.90. The summed E-state index contributed by atoms with van der Waals surface area (Å²) >= 11 is 0. The van der Waals surface area contributed by atoms with Crippen LogP contribution in [0.5, 0.6) is 0 Å². The molecule has 1 aromatic carbocycles. The van der Waals surface area contributed by atoms with E-state index in [1.165, 1.54) is 5.56 Å². The van der Waals surface area contributed by atoms with Crippen LogP contribution in [0.1, 0.15) is 18.2 Å². The van der Waals surface area contributed by atoms with Crippen LogP contribution in [0, 0.1) is 0 Å². The molecule has 0 N–H and O–H groups in total. The highest BCUT2D eigenvalue weighted by Crippen LogP contribution is 2.03. The Labute approximate surface area is 77.4 Å². The molecule has 68 valence electrons. The minimum atomic E-state index is 0.819. The van der Waals surface area contributed by atoms with Gasteiger partial charge < -0.3 is 0 Å². The molecule has 1 aromatic heterocycles. The molecule has 0 aliphatic carbocycles. The molecule has 13 heavy (non-hydrogen) atoms. The van der Waals surface area contributed by atoms with Crippen molar-refractivity contribution in [2.75, 3.05) is 0 Å². The van der Waals surface area contributed by atoms with Crippen LogP contribution in [-0.4, -0.2) is 15.0 Å². The maximum atomic E-state index is 4.03. The molecule has 0 fully saturated rings. The third-order valence-electron chi connectivity index (χ3n) is 2.02. The fourth-order valence-corrected chi connectivity index (χ4v) is 1.28. The molecule has 0 spiro atoms. The van der Waals surface area contributed by atoms with Crippen LogP contribution in [0.2, 0.25) is 0 Å². The Balaban J connectivity index is 2.10. The molecule has 1 heterocycles. The van der Waals surface area contributed by atoms with Crippen molar-refractivity contribution in [2.45, 2.75) is 19.9 Å². The molecule has 0 atom stereocenters. The van der Waals surface area contributed by atoms with E-state index < -0.39 is 0 Å². The zero-order valence-electron chi connectivity index (χ0n) is 7.64. The average molecular weight is 174 g/mol. The molecule has 2 aromatic rings. The summed E-state index contributed by atoms with van der Waals surface area (Å²) in [4.78, 5) is 0. The molecule has 3 heteroatoms. The van der Waals surface area contributed by atoms with Gasteiger partial charge in [0.1, 0.15) is 0 Å². The van der Waals surface area contributed by atoms with Gasteiger partial charge in [-0.3, -0.25) is 0 Å². The number of hydrogen-bond acceptors (Lipinski definition) is 2. The Morgan fingerprint density at radius 2 is 2.46 bits per heavy atom. The summed E-state index contributed by atoms with van der Waals surface area (Å²) < 4.78 is 1.87. The molecule has 0 saturated carbocycles. The van der Waals surface area contributed by atoms with Crippen LogP contribution in [0.15, 0.2) is 30.5 Å². The maximum Gasteiger partial charge on any atom is 0.0824 e. The van der Waals surface area contributed by atoms with Gasteiger partial charge in [0.25, 0.3) is 0 Å². The topological polar surface area (TPSA) is 30.7 Å². The Morgan fingerprint density at radius 1 is 1.54 bits per heavy atom. The lowest BCUT2D eigenvalue weighted by molar-refractivity contribution is 0.650. The highest BCUT2D eigenvalue weighted by Gasteiger charge is 1.96. The second kappa shape index (κ2) is 3.47. The van der Waals surface area contributed by atoms with Gasteiger partial charge in [-0.25, -0.2) is 16.8 Å². The molecule has 3 nitrogen and oxygen atoms in total. The minimum absolute atomic E-state index is 0.819. The molecular formula is C10H12N3-. The largest absolute Gasteiger partial charge is 0.250 e. The SMILES string of the molecule is CCc1cn(Cc2ccc[cH-]2)nn1. The Hall–Kier alpha value is -1.51. The van der Waals surface area contributed by atoms with E-state index in [4.69, 9.17) is 0 Å². The lowest BCUT2D eigenvalue weighted by Gasteiger charge is -2.00. The van der Waals surface area contributed by atoms with Gasteiger partial charge in [0.05, 0.1) is 5.69 Å². The Kier molecular flexibility index (Phi) is 2.17. The number of aromatic nitrogens is 3. The molecule has 0 aliphatic rings. The van der Waals surface area contributed by atoms with E-state index in [2.05, 4.69) is 29.4 Å². The van der Waals surface area contributed by atoms with Gasteiger partial charge in [-0.05, 0) is 6.42 Å². The van der Waals surface area contributed by atoms with E-state index in [0.29, 0.717) is 0 Å². The first kappa shape index (κ1) is 8.10. The Bertz CT molecular complexity index is 359. The monoisotopic (exact) mass is 174 g/mol. The number of rotatable bonds is 3. The number of nitrogens with zero attached hydrogens (tertiary/aromatic N) is 3. The summed E-state index contributed by atoms with van der Waals surface area (Å²) in [5, 5.41) is 8.06. The van der Waals surface area contributed by atoms with E-state index in [0.717, 1.165) is 18.7 Å². The standard InChI is InChI=1S/C10H12N3/c1-2-10-8-13(12-11-10)7-9-5-3-4-6-9/h3-6,8H,2,7H2,1H3/q-1. The second-order valence-corrected chi connectivity index (χ2v) is 3.05. The first-order valence-corrected chi connectivity index (χ1v) is 4.48. The molecule has 0 unspecified atom stereocenters. The third kappa shape index (κ3) is 1.80. The van der Waals surface area contributed by atoms with Crippen molar-refractivity contribution in [1.82, 2.24) is 15.0 Å². The van der Waals surface area contributed by atoms with Crippen LogP contribution in [0.25, 0.3) is 0 Å². The van der Waals surface area contributed by atoms with Gasteiger partial charge in [-0.15, -0.1) is 10.7 Å². The first-order chi connectivity index (χ1) is 6.38.